The summed E-state index contributed by atoms with van der Waals surface area (Å²) < 4.78 is 0. The lowest BCUT2D eigenvalue weighted by Gasteiger charge is -2.28. The first kappa shape index (κ1) is 14.5. The van der Waals surface area contributed by atoms with E-state index < -0.39 is 5.60 Å². The third-order valence-corrected chi connectivity index (χ3v) is 3.30. The summed E-state index contributed by atoms with van der Waals surface area (Å²) in [6, 6.07) is 8.23. The van der Waals surface area contributed by atoms with Gasteiger partial charge in [0.15, 0.2) is 0 Å². The summed E-state index contributed by atoms with van der Waals surface area (Å²) in [4.78, 5) is 2.23. The van der Waals surface area contributed by atoms with Crippen molar-refractivity contribution >= 4 is 11.6 Å². The Labute approximate surface area is 109 Å². The van der Waals surface area contributed by atoms with E-state index in [9.17, 15) is 5.11 Å². The molecule has 1 aromatic rings. The Bertz CT molecular complexity index is 359. The summed E-state index contributed by atoms with van der Waals surface area (Å²) >= 11 is 5.98. The lowest BCUT2D eigenvalue weighted by atomic mass is 10.0. The van der Waals surface area contributed by atoms with E-state index in [1.807, 2.05) is 32.0 Å². The van der Waals surface area contributed by atoms with Crippen molar-refractivity contribution in [2.24, 2.45) is 0 Å². The maximum Gasteiger partial charge on any atom is 0.0603 e. The smallest absolute Gasteiger partial charge is 0.0603 e. The van der Waals surface area contributed by atoms with Crippen LogP contribution >= 0.6 is 11.6 Å². The van der Waals surface area contributed by atoms with Crippen LogP contribution in [0.5, 0.6) is 0 Å². The van der Waals surface area contributed by atoms with E-state index in [0.717, 1.165) is 18.0 Å². The molecule has 0 fully saturated rings. The first-order valence-electron chi connectivity index (χ1n) is 5.98. The van der Waals surface area contributed by atoms with Crippen LogP contribution in [-0.4, -0.2) is 29.2 Å². The van der Waals surface area contributed by atoms with Crippen molar-refractivity contribution in [1.82, 2.24) is 4.90 Å². The number of hydrogen-bond acceptors (Lipinski definition) is 2. The fourth-order valence-electron chi connectivity index (χ4n) is 1.66. The minimum absolute atomic E-state index is 0.302. The summed E-state index contributed by atoms with van der Waals surface area (Å²) in [7, 11) is 2.07. The summed E-state index contributed by atoms with van der Waals surface area (Å²) in [5.41, 5.74) is 0.596. The molecule has 1 aromatic carbocycles. The zero-order valence-electron chi connectivity index (χ0n) is 11.1. The van der Waals surface area contributed by atoms with Gasteiger partial charge >= 0.3 is 0 Å². The van der Waals surface area contributed by atoms with Crippen molar-refractivity contribution in [3.63, 3.8) is 0 Å². The molecule has 0 aromatic heterocycles. The van der Waals surface area contributed by atoms with E-state index >= 15 is 0 Å². The van der Waals surface area contributed by atoms with Gasteiger partial charge in [-0.25, -0.2) is 0 Å². The van der Waals surface area contributed by atoms with Crippen LogP contribution in [0.3, 0.4) is 0 Å². The number of hydrogen-bond donors (Lipinski definition) is 1. The predicted molar refractivity (Wildman–Crippen MR) is 73.4 cm³/mol. The second kappa shape index (κ2) is 5.85. The molecule has 0 saturated carbocycles. The molecule has 2 nitrogen and oxygen atoms in total. The maximum atomic E-state index is 9.72. The average molecular weight is 256 g/mol. The molecule has 1 unspecified atom stereocenters. The van der Waals surface area contributed by atoms with Gasteiger partial charge in [-0.15, -0.1) is 0 Å². The number of nitrogens with zero attached hydrogens (tertiary/aromatic N) is 1. The molecular weight excluding hydrogens is 234 g/mol. The van der Waals surface area contributed by atoms with Gasteiger partial charge in [0.05, 0.1) is 5.60 Å². The summed E-state index contributed by atoms with van der Waals surface area (Å²) in [5.74, 6) is 0. The number of aliphatic hydroxyl groups is 1. The van der Waals surface area contributed by atoms with Crippen molar-refractivity contribution in [3.05, 3.63) is 34.9 Å². The molecular formula is C14H22ClNO. The molecule has 0 saturated heterocycles. The largest absolute Gasteiger partial charge is 0.390 e. The molecule has 0 aliphatic rings. The van der Waals surface area contributed by atoms with Gasteiger partial charge in [-0.3, -0.25) is 4.90 Å². The fraction of sp³-hybridized carbons (Fsp3) is 0.571. The molecule has 0 bridgehead atoms. The standard InChI is InChI=1S/C14H22ClNO/c1-11(12-6-5-7-13(15)10-12)16(4)9-8-14(2,3)17/h5-7,10-11,17H,8-9H2,1-4H3. The summed E-state index contributed by atoms with van der Waals surface area (Å²) in [6.07, 6.45) is 0.758. The zero-order valence-corrected chi connectivity index (χ0v) is 11.8. The third-order valence-electron chi connectivity index (χ3n) is 3.07. The third kappa shape index (κ3) is 5.07. The van der Waals surface area contributed by atoms with Crippen LogP contribution in [-0.2, 0) is 0 Å². The number of benzene rings is 1. The van der Waals surface area contributed by atoms with Crippen LogP contribution in [0.1, 0.15) is 38.8 Å². The van der Waals surface area contributed by atoms with Gasteiger partial charge in [-0.05, 0) is 51.9 Å². The highest BCUT2D eigenvalue weighted by molar-refractivity contribution is 6.30. The topological polar surface area (TPSA) is 23.5 Å². The molecule has 0 radical (unpaired) electrons. The van der Waals surface area contributed by atoms with Crippen molar-refractivity contribution in [2.45, 2.75) is 38.8 Å². The van der Waals surface area contributed by atoms with E-state index in [-0.39, 0.29) is 0 Å². The van der Waals surface area contributed by atoms with Crippen LogP contribution in [0, 0.1) is 0 Å². The fourth-order valence-corrected chi connectivity index (χ4v) is 1.86. The molecule has 0 aliphatic carbocycles. The van der Waals surface area contributed by atoms with Crippen LogP contribution in [0.2, 0.25) is 5.02 Å². The normalized spacial score (nSPS) is 14.1. The molecule has 0 spiro atoms. The van der Waals surface area contributed by atoms with Crippen molar-refractivity contribution in [1.29, 1.82) is 0 Å². The van der Waals surface area contributed by atoms with Gasteiger partial charge in [0.1, 0.15) is 0 Å². The highest BCUT2D eigenvalue weighted by atomic mass is 35.5. The Balaban J connectivity index is 2.60. The average Bonchev–Trinajstić information content (AvgIpc) is 2.24. The monoisotopic (exact) mass is 255 g/mol. The number of halogens is 1. The van der Waals surface area contributed by atoms with Crippen molar-refractivity contribution in [3.8, 4) is 0 Å². The molecule has 0 amide bonds. The molecule has 96 valence electrons. The van der Waals surface area contributed by atoms with Crippen molar-refractivity contribution in [2.75, 3.05) is 13.6 Å². The minimum atomic E-state index is -0.609. The van der Waals surface area contributed by atoms with Gasteiger partial charge in [-0.2, -0.15) is 0 Å². The minimum Gasteiger partial charge on any atom is -0.390 e. The Morgan fingerprint density at radius 1 is 1.41 bits per heavy atom. The van der Waals surface area contributed by atoms with E-state index in [1.165, 1.54) is 5.56 Å². The Morgan fingerprint density at radius 2 is 2.06 bits per heavy atom. The van der Waals surface area contributed by atoms with Gasteiger partial charge in [0.25, 0.3) is 0 Å². The maximum absolute atomic E-state index is 9.72. The second-order valence-corrected chi connectivity index (χ2v) is 5.71. The Morgan fingerprint density at radius 3 is 2.59 bits per heavy atom. The lowest BCUT2D eigenvalue weighted by molar-refractivity contribution is 0.0565. The van der Waals surface area contributed by atoms with E-state index in [1.54, 1.807) is 0 Å². The molecule has 1 atom stereocenters. The number of rotatable bonds is 5. The van der Waals surface area contributed by atoms with Gasteiger partial charge in [0, 0.05) is 17.6 Å². The molecule has 1 N–H and O–H groups in total. The van der Waals surface area contributed by atoms with Crippen LogP contribution in [0.25, 0.3) is 0 Å². The first-order chi connectivity index (χ1) is 7.79. The van der Waals surface area contributed by atoms with Gasteiger partial charge < -0.3 is 5.11 Å². The van der Waals surface area contributed by atoms with E-state index in [4.69, 9.17) is 11.6 Å². The summed E-state index contributed by atoms with van der Waals surface area (Å²) in [6.45, 7) is 6.68. The first-order valence-corrected chi connectivity index (χ1v) is 6.35. The quantitative estimate of drug-likeness (QED) is 0.871. The molecule has 17 heavy (non-hydrogen) atoms. The Kier molecular flexibility index (Phi) is 4.99. The molecule has 3 heteroatoms. The molecule has 0 aliphatic heterocycles. The molecule has 0 heterocycles. The lowest BCUT2D eigenvalue weighted by Crippen LogP contribution is -2.30. The van der Waals surface area contributed by atoms with Crippen LogP contribution < -0.4 is 0 Å². The predicted octanol–water partition coefficient (Wildman–Crippen LogP) is 3.49. The highest BCUT2D eigenvalue weighted by Crippen LogP contribution is 2.22. The second-order valence-electron chi connectivity index (χ2n) is 5.27. The summed E-state index contributed by atoms with van der Waals surface area (Å²) in [5, 5.41) is 10.5. The van der Waals surface area contributed by atoms with Crippen LogP contribution in [0.15, 0.2) is 24.3 Å². The highest BCUT2D eigenvalue weighted by Gasteiger charge is 2.17. The Hall–Kier alpha value is -0.570. The van der Waals surface area contributed by atoms with E-state index in [2.05, 4.69) is 24.9 Å². The van der Waals surface area contributed by atoms with Crippen LogP contribution in [0.4, 0.5) is 0 Å². The molecule has 1 rings (SSSR count). The SMILES string of the molecule is CC(c1cccc(Cl)c1)N(C)CCC(C)(C)O. The van der Waals surface area contributed by atoms with Gasteiger partial charge in [-0.1, -0.05) is 23.7 Å². The van der Waals surface area contributed by atoms with Crippen molar-refractivity contribution < 1.29 is 5.11 Å². The van der Waals surface area contributed by atoms with E-state index in [0.29, 0.717) is 6.04 Å². The van der Waals surface area contributed by atoms with Gasteiger partial charge in [0.2, 0.25) is 0 Å². The zero-order chi connectivity index (χ0) is 13.1.